The molecule has 2 amide bonds. The third kappa shape index (κ3) is 4.47. The van der Waals surface area contributed by atoms with Crippen LogP contribution < -0.4 is 15.4 Å². The molecule has 2 aromatic rings. The van der Waals surface area contributed by atoms with Gasteiger partial charge in [-0.05, 0) is 29.8 Å². The number of hydrogen-bond acceptors (Lipinski definition) is 4. The number of ether oxygens (including phenoxy) is 2. The first-order valence-corrected chi connectivity index (χ1v) is 6.99. The molecule has 0 spiro atoms. The highest BCUT2D eigenvalue weighted by atomic mass is 16.5. The molecule has 0 aliphatic heterocycles. The Morgan fingerprint density at radius 1 is 1.00 bits per heavy atom. The van der Waals surface area contributed by atoms with E-state index in [9.17, 15) is 9.59 Å². The van der Waals surface area contributed by atoms with E-state index in [-0.39, 0.29) is 0 Å². The van der Waals surface area contributed by atoms with E-state index in [1.165, 1.54) is 7.11 Å². The molecular formula is C17H18N2O4. The number of para-hydroxylation sites is 1. The van der Waals surface area contributed by atoms with E-state index in [1.807, 2.05) is 24.3 Å². The highest BCUT2D eigenvalue weighted by molar-refractivity contribution is 6.00. The summed E-state index contributed by atoms with van der Waals surface area (Å²) in [4.78, 5) is 23.6. The van der Waals surface area contributed by atoms with Gasteiger partial charge in [-0.3, -0.25) is 0 Å². The van der Waals surface area contributed by atoms with Gasteiger partial charge in [-0.2, -0.15) is 0 Å². The summed E-state index contributed by atoms with van der Waals surface area (Å²) in [5.41, 5.74) is 1.63. The molecule has 0 heterocycles. The van der Waals surface area contributed by atoms with Crippen LogP contribution in [0.4, 0.5) is 10.5 Å². The van der Waals surface area contributed by atoms with Crippen molar-refractivity contribution in [2.75, 3.05) is 19.5 Å². The van der Waals surface area contributed by atoms with Gasteiger partial charge in [0.05, 0.1) is 25.5 Å². The normalized spacial score (nSPS) is 9.83. The number of nitrogens with one attached hydrogen (secondary N) is 2. The first kappa shape index (κ1) is 16.4. The maximum Gasteiger partial charge on any atom is 0.339 e. The lowest BCUT2D eigenvalue weighted by Gasteiger charge is -2.11. The number of rotatable bonds is 5. The van der Waals surface area contributed by atoms with Crippen molar-refractivity contribution in [3.8, 4) is 5.75 Å². The Morgan fingerprint density at radius 2 is 1.70 bits per heavy atom. The molecule has 2 N–H and O–H groups in total. The summed E-state index contributed by atoms with van der Waals surface area (Å²) in [5, 5.41) is 5.37. The Bertz CT molecular complexity index is 683. The molecule has 0 aliphatic rings. The van der Waals surface area contributed by atoms with Crippen LogP contribution in [0.15, 0.2) is 48.5 Å². The number of urea groups is 1. The SMILES string of the molecule is COC(=O)c1ccccc1NC(=O)NCc1ccc(OC)cc1. The second-order valence-electron chi connectivity index (χ2n) is 4.69. The number of carbonyl (C=O) groups is 2. The Hall–Kier alpha value is -3.02. The monoisotopic (exact) mass is 314 g/mol. The van der Waals surface area contributed by atoms with Crippen molar-refractivity contribution in [1.29, 1.82) is 0 Å². The molecule has 0 aromatic heterocycles. The molecule has 0 fully saturated rings. The van der Waals surface area contributed by atoms with Crippen molar-refractivity contribution in [3.63, 3.8) is 0 Å². The minimum absolute atomic E-state index is 0.301. The molecule has 23 heavy (non-hydrogen) atoms. The fraction of sp³-hybridized carbons (Fsp3) is 0.176. The summed E-state index contributed by atoms with van der Waals surface area (Å²) >= 11 is 0. The Balaban J connectivity index is 1.95. The van der Waals surface area contributed by atoms with Crippen molar-refractivity contribution in [1.82, 2.24) is 5.32 Å². The van der Waals surface area contributed by atoms with Gasteiger partial charge in [0.2, 0.25) is 0 Å². The van der Waals surface area contributed by atoms with E-state index in [0.29, 0.717) is 17.8 Å². The van der Waals surface area contributed by atoms with Crippen LogP contribution in [0.5, 0.6) is 5.75 Å². The lowest BCUT2D eigenvalue weighted by atomic mass is 10.2. The van der Waals surface area contributed by atoms with Gasteiger partial charge in [0.15, 0.2) is 0 Å². The van der Waals surface area contributed by atoms with E-state index in [0.717, 1.165) is 11.3 Å². The predicted molar refractivity (Wildman–Crippen MR) is 86.6 cm³/mol. The van der Waals surface area contributed by atoms with Gasteiger partial charge >= 0.3 is 12.0 Å². The number of methoxy groups -OCH3 is 2. The predicted octanol–water partition coefficient (Wildman–Crippen LogP) is 2.80. The second-order valence-corrected chi connectivity index (χ2v) is 4.69. The maximum absolute atomic E-state index is 12.0. The number of hydrogen-bond donors (Lipinski definition) is 2. The average Bonchev–Trinajstić information content (AvgIpc) is 2.60. The molecule has 2 aromatic carbocycles. The smallest absolute Gasteiger partial charge is 0.339 e. The summed E-state index contributed by atoms with van der Waals surface area (Å²) in [6.45, 7) is 0.357. The fourth-order valence-corrected chi connectivity index (χ4v) is 1.97. The van der Waals surface area contributed by atoms with E-state index in [2.05, 4.69) is 15.4 Å². The van der Waals surface area contributed by atoms with Crippen molar-refractivity contribution < 1.29 is 19.1 Å². The highest BCUT2D eigenvalue weighted by Crippen LogP contribution is 2.16. The van der Waals surface area contributed by atoms with Gasteiger partial charge in [0, 0.05) is 6.54 Å². The zero-order valence-electron chi connectivity index (χ0n) is 13.0. The Morgan fingerprint density at radius 3 is 2.35 bits per heavy atom. The topological polar surface area (TPSA) is 76.7 Å². The molecule has 0 atom stereocenters. The van der Waals surface area contributed by atoms with Crippen molar-refractivity contribution in [2.45, 2.75) is 6.54 Å². The highest BCUT2D eigenvalue weighted by Gasteiger charge is 2.12. The molecule has 0 radical (unpaired) electrons. The number of esters is 1. The largest absolute Gasteiger partial charge is 0.497 e. The fourth-order valence-electron chi connectivity index (χ4n) is 1.97. The Kier molecular flexibility index (Phi) is 5.57. The number of benzene rings is 2. The van der Waals surface area contributed by atoms with E-state index >= 15 is 0 Å². The average molecular weight is 314 g/mol. The number of carbonyl (C=O) groups excluding carboxylic acids is 2. The van der Waals surface area contributed by atoms with Crippen molar-refractivity contribution in [3.05, 3.63) is 59.7 Å². The van der Waals surface area contributed by atoms with Gasteiger partial charge in [0.1, 0.15) is 5.75 Å². The lowest BCUT2D eigenvalue weighted by molar-refractivity contribution is 0.0602. The molecular weight excluding hydrogens is 296 g/mol. The van der Waals surface area contributed by atoms with Gasteiger partial charge < -0.3 is 20.1 Å². The summed E-state index contributed by atoms with van der Waals surface area (Å²) in [5.74, 6) is 0.251. The molecule has 6 nitrogen and oxygen atoms in total. The minimum Gasteiger partial charge on any atom is -0.497 e. The molecule has 0 saturated heterocycles. The summed E-state index contributed by atoms with van der Waals surface area (Å²) in [6, 6.07) is 13.6. The van der Waals surface area contributed by atoms with Crippen molar-refractivity contribution >= 4 is 17.7 Å². The maximum atomic E-state index is 12.0. The van der Waals surface area contributed by atoms with Crippen molar-refractivity contribution in [2.24, 2.45) is 0 Å². The van der Waals surface area contributed by atoms with E-state index in [1.54, 1.807) is 31.4 Å². The first-order chi connectivity index (χ1) is 11.1. The standard InChI is InChI=1S/C17H18N2O4/c1-22-13-9-7-12(8-10-13)11-18-17(21)19-15-6-4-3-5-14(15)16(20)23-2/h3-10H,11H2,1-2H3,(H2,18,19,21). The number of amides is 2. The molecule has 0 saturated carbocycles. The molecule has 0 unspecified atom stereocenters. The minimum atomic E-state index is -0.504. The van der Waals surface area contributed by atoms with Crippen LogP contribution in [0.25, 0.3) is 0 Å². The van der Waals surface area contributed by atoms with Gasteiger partial charge in [-0.1, -0.05) is 24.3 Å². The molecule has 6 heteroatoms. The molecule has 0 bridgehead atoms. The van der Waals surface area contributed by atoms with Crippen LogP contribution in [-0.4, -0.2) is 26.2 Å². The second kappa shape index (κ2) is 7.84. The van der Waals surface area contributed by atoms with Crippen LogP contribution in [0.2, 0.25) is 0 Å². The Labute approximate surface area is 134 Å². The third-order valence-electron chi connectivity index (χ3n) is 3.19. The van der Waals surface area contributed by atoms with Crippen LogP contribution >= 0.6 is 0 Å². The van der Waals surface area contributed by atoms with E-state index in [4.69, 9.17) is 4.74 Å². The first-order valence-electron chi connectivity index (χ1n) is 6.99. The van der Waals surface area contributed by atoms with Gasteiger partial charge in [-0.15, -0.1) is 0 Å². The molecule has 2 rings (SSSR count). The summed E-state index contributed by atoms with van der Waals surface area (Å²) in [6.07, 6.45) is 0. The zero-order chi connectivity index (χ0) is 16.7. The van der Waals surface area contributed by atoms with Crippen LogP contribution in [0.3, 0.4) is 0 Å². The zero-order valence-corrected chi connectivity index (χ0v) is 13.0. The summed E-state index contributed by atoms with van der Waals surface area (Å²) < 4.78 is 9.76. The number of anilines is 1. The van der Waals surface area contributed by atoms with Gasteiger partial charge in [-0.25, -0.2) is 9.59 Å². The third-order valence-corrected chi connectivity index (χ3v) is 3.19. The lowest BCUT2D eigenvalue weighted by Crippen LogP contribution is -2.29. The van der Waals surface area contributed by atoms with E-state index < -0.39 is 12.0 Å². The van der Waals surface area contributed by atoms with Crippen LogP contribution in [0.1, 0.15) is 15.9 Å². The van der Waals surface area contributed by atoms with Crippen LogP contribution in [0, 0.1) is 0 Å². The van der Waals surface area contributed by atoms with Gasteiger partial charge in [0.25, 0.3) is 0 Å². The van der Waals surface area contributed by atoms with Crippen LogP contribution in [-0.2, 0) is 11.3 Å². The summed E-state index contributed by atoms with van der Waals surface area (Å²) in [7, 11) is 2.89. The molecule has 0 aliphatic carbocycles. The quantitative estimate of drug-likeness (QED) is 0.832. The molecule has 120 valence electrons.